The van der Waals surface area contributed by atoms with Crippen LogP contribution in [-0.2, 0) is 9.53 Å². The second-order valence-corrected chi connectivity index (χ2v) is 5.90. The van der Waals surface area contributed by atoms with Crippen LogP contribution < -0.4 is 0 Å². The monoisotopic (exact) mass is 313 g/mol. The zero-order valence-corrected chi connectivity index (χ0v) is 12.7. The summed E-state index contributed by atoms with van der Waals surface area (Å²) in [6, 6.07) is 6.25. The van der Waals surface area contributed by atoms with Crippen LogP contribution in [0, 0.1) is 0 Å². The van der Waals surface area contributed by atoms with E-state index in [1.165, 1.54) is 0 Å². The largest absolute Gasteiger partial charge is 0.464 e. The normalized spacial score (nSPS) is 18.1. The van der Waals surface area contributed by atoms with E-state index in [9.17, 15) is 9.59 Å². The van der Waals surface area contributed by atoms with Crippen LogP contribution in [0.4, 0.5) is 0 Å². The van der Waals surface area contributed by atoms with Gasteiger partial charge in [0.1, 0.15) is 6.04 Å². The summed E-state index contributed by atoms with van der Waals surface area (Å²) in [5.74, 6) is 0.565. The van der Waals surface area contributed by atoms with Gasteiger partial charge in [0, 0.05) is 16.3 Å². The van der Waals surface area contributed by atoms with Crippen molar-refractivity contribution in [1.29, 1.82) is 0 Å². The molecule has 1 heterocycles. The zero-order valence-electron chi connectivity index (χ0n) is 11.2. The molecule has 1 aromatic rings. The lowest BCUT2D eigenvalue weighted by Crippen LogP contribution is -2.42. The Balaban J connectivity index is 2.10. The van der Waals surface area contributed by atoms with Gasteiger partial charge in [0.25, 0.3) is 5.91 Å². The van der Waals surface area contributed by atoms with Crippen molar-refractivity contribution in [1.82, 2.24) is 4.90 Å². The molecule has 0 aromatic heterocycles. The molecule has 1 saturated heterocycles. The number of esters is 1. The Morgan fingerprint density at radius 3 is 3.00 bits per heavy atom. The van der Waals surface area contributed by atoms with Gasteiger partial charge in [-0.25, -0.2) is 4.79 Å². The van der Waals surface area contributed by atoms with Gasteiger partial charge in [0.2, 0.25) is 0 Å². The lowest BCUT2D eigenvalue weighted by atomic mass is 10.2. The van der Waals surface area contributed by atoms with Gasteiger partial charge in [-0.1, -0.05) is 24.6 Å². The molecule has 1 aliphatic heterocycles. The highest BCUT2D eigenvalue weighted by atomic mass is 35.5. The highest BCUT2D eigenvalue weighted by Gasteiger charge is 2.36. The van der Waals surface area contributed by atoms with Gasteiger partial charge in [0.15, 0.2) is 0 Å². The number of carbonyl (C=O) groups excluding carboxylic acids is 2. The number of benzene rings is 1. The second-order valence-electron chi connectivity index (χ2n) is 4.47. The molecule has 1 atom stereocenters. The van der Waals surface area contributed by atoms with E-state index in [0.717, 1.165) is 6.42 Å². The second kappa shape index (κ2) is 6.99. The van der Waals surface area contributed by atoms with Crippen LogP contribution >= 0.6 is 23.4 Å². The lowest BCUT2D eigenvalue weighted by molar-refractivity contribution is -0.147. The SMILES string of the molecule is CCCOC(=O)C1CSCN1C(=O)c1cccc(Cl)c1. The number of amides is 1. The summed E-state index contributed by atoms with van der Waals surface area (Å²) in [6.07, 6.45) is 0.772. The van der Waals surface area contributed by atoms with E-state index in [0.29, 0.717) is 28.8 Å². The average molecular weight is 314 g/mol. The quantitative estimate of drug-likeness (QED) is 0.802. The summed E-state index contributed by atoms with van der Waals surface area (Å²) >= 11 is 7.45. The van der Waals surface area contributed by atoms with Crippen LogP contribution in [0.2, 0.25) is 5.02 Å². The molecule has 0 aliphatic carbocycles. The number of thioether (sulfide) groups is 1. The van der Waals surface area contributed by atoms with Gasteiger partial charge >= 0.3 is 5.97 Å². The number of hydrogen-bond acceptors (Lipinski definition) is 4. The molecule has 0 saturated carbocycles. The molecule has 1 unspecified atom stereocenters. The third kappa shape index (κ3) is 3.46. The average Bonchev–Trinajstić information content (AvgIpc) is 2.93. The van der Waals surface area contributed by atoms with Gasteiger partial charge in [-0.15, -0.1) is 11.8 Å². The Bertz CT molecular complexity index is 509. The van der Waals surface area contributed by atoms with E-state index in [4.69, 9.17) is 16.3 Å². The number of carbonyl (C=O) groups is 2. The number of nitrogens with zero attached hydrogens (tertiary/aromatic N) is 1. The van der Waals surface area contributed by atoms with Crippen molar-refractivity contribution in [2.24, 2.45) is 0 Å². The maximum Gasteiger partial charge on any atom is 0.329 e. The number of hydrogen-bond donors (Lipinski definition) is 0. The van der Waals surface area contributed by atoms with Gasteiger partial charge in [-0.05, 0) is 24.6 Å². The fourth-order valence-corrected chi connectivity index (χ4v) is 3.25. The van der Waals surface area contributed by atoms with E-state index in [1.54, 1.807) is 40.9 Å². The van der Waals surface area contributed by atoms with Crippen LogP contribution in [0.3, 0.4) is 0 Å². The Labute approximate surface area is 127 Å². The molecule has 20 heavy (non-hydrogen) atoms. The molecule has 0 N–H and O–H groups in total. The first-order valence-corrected chi connectivity index (χ1v) is 7.97. The van der Waals surface area contributed by atoms with Crippen LogP contribution in [-0.4, -0.2) is 41.1 Å². The predicted octanol–water partition coefficient (Wildman–Crippen LogP) is 2.81. The van der Waals surface area contributed by atoms with Crippen molar-refractivity contribution in [3.8, 4) is 0 Å². The molecule has 0 radical (unpaired) electrons. The van der Waals surface area contributed by atoms with Gasteiger partial charge < -0.3 is 9.64 Å². The van der Waals surface area contributed by atoms with Crippen molar-refractivity contribution in [2.45, 2.75) is 19.4 Å². The minimum absolute atomic E-state index is 0.184. The summed E-state index contributed by atoms with van der Waals surface area (Å²) in [5.41, 5.74) is 0.494. The summed E-state index contributed by atoms with van der Waals surface area (Å²) in [6.45, 7) is 2.32. The van der Waals surface area contributed by atoms with Crippen molar-refractivity contribution in [3.63, 3.8) is 0 Å². The predicted molar refractivity (Wildman–Crippen MR) is 80.0 cm³/mol. The van der Waals surface area contributed by atoms with Crippen LogP contribution in [0.5, 0.6) is 0 Å². The highest BCUT2D eigenvalue weighted by molar-refractivity contribution is 7.99. The third-order valence-electron chi connectivity index (χ3n) is 2.94. The van der Waals surface area contributed by atoms with E-state index >= 15 is 0 Å². The molecule has 1 amide bonds. The first kappa shape index (κ1) is 15.2. The summed E-state index contributed by atoms with van der Waals surface area (Å²) in [4.78, 5) is 25.9. The molecule has 1 fully saturated rings. The minimum Gasteiger partial charge on any atom is -0.464 e. The number of halogens is 1. The molecular formula is C14H16ClNO3S. The molecule has 108 valence electrons. The van der Waals surface area contributed by atoms with Crippen LogP contribution in [0.1, 0.15) is 23.7 Å². The maximum absolute atomic E-state index is 12.4. The van der Waals surface area contributed by atoms with Crippen LogP contribution in [0.15, 0.2) is 24.3 Å². The molecule has 6 heteroatoms. The maximum atomic E-state index is 12.4. The molecule has 0 bridgehead atoms. The first-order valence-electron chi connectivity index (χ1n) is 6.44. The smallest absolute Gasteiger partial charge is 0.329 e. The zero-order chi connectivity index (χ0) is 14.5. The summed E-state index contributed by atoms with van der Waals surface area (Å²) in [5, 5.41) is 0.507. The molecule has 1 aliphatic rings. The van der Waals surface area contributed by atoms with E-state index < -0.39 is 6.04 Å². The van der Waals surface area contributed by atoms with Crippen LogP contribution in [0.25, 0.3) is 0 Å². The number of ether oxygens (including phenoxy) is 1. The number of rotatable bonds is 4. The third-order valence-corrected chi connectivity index (χ3v) is 4.18. The van der Waals surface area contributed by atoms with Gasteiger partial charge in [-0.2, -0.15) is 0 Å². The van der Waals surface area contributed by atoms with Crippen molar-refractivity contribution in [3.05, 3.63) is 34.9 Å². The Hall–Kier alpha value is -1.20. The molecular weight excluding hydrogens is 298 g/mol. The highest BCUT2D eigenvalue weighted by Crippen LogP contribution is 2.25. The lowest BCUT2D eigenvalue weighted by Gasteiger charge is -2.22. The topological polar surface area (TPSA) is 46.6 Å². The Kier molecular flexibility index (Phi) is 5.31. The fourth-order valence-electron chi connectivity index (χ4n) is 1.92. The molecule has 0 spiro atoms. The Morgan fingerprint density at radius 2 is 2.30 bits per heavy atom. The van der Waals surface area contributed by atoms with Crippen molar-refractivity contribution < 1.29 is 14.3 Å². The molecule has 1 aromatic carbocycles. The van der Waals surface area contributed by atoms with E-state index in [1.807, 2.05) is 6.92 Å². The van der Waals surface area contributed by atoms with Gasteiger partial charge in [-0.3, -0.25) is 4.79 Å². The molecule has 2 rings (SSSR count). The Morgan fingerprint density at radius 1 is 1.50 bits per heavy atom. The fraction of sp³-hybridized carbons (Fsp3) is 0.429. The van der Waals surface area contributed by atoms with E-state index in [2.05, 4.69) is 0 Å². The van der Waals surface area contributed by atoms with Gasteiger partial charge in [0.05, 0.1) is 12.5 Å². The molecule has 4 nitrogen and oxygen atoms in total. The van der Waals surface area contributed by atoms with E-state index in [-0.39, 0.29) is 11.9 Å². The van der Waals surface area contributed by atoms with Crippen molar-refractivity contribution in [2.75, 3.05) is 18.2 Å². The summed E-state index contributed by atoms with van der Waals surface area (Å²) in [7, 11) is 0. The minimum atomic E-state index is -0.502. The summed E-state index contributed by atoms with van der Waals surface area (Å²) < 4.78 is 5.14. The standard InChI is InChI=1S/C14H16ClNO3S/c1-2-6-19-14(18)12-8-20-9-16(12)13(17)10-4-3-5-11(15)7-10/h3-5,7,12H,2,6,8-9H2,1H3. The van der Waals surface area contributed by atoms with Crippen molar-refractivity contribution >= 4 is 35.2 Å². The first-order chi connectivity index (χ1) is 9.63.